The summed E-state index contributed by atoms with van der Waals surface area (Å²) in [5, 5.41) is 13.6. The molecule has 0 atom stereocenters. The molecular weight excluding hydrogens is 348 g/mol. The molecule has 0 aliphatic rings. The number of carbonyl (C=O) groups excluding carboxylic acids is 1. The lowest BCUT2D eigenvalue weighted by Crippen LogP contribution is -2.12. The smallest absolute Gasteiger partial charge is 0.269 e. The first-order chi connectivity index (χ1) is 12.0. The number of hydrogen-bond donors (Lipinski definition) is 1. The molecule has 0 aliphatic heterocycles. The number of halogens is 1. The SMILES string of the molecule is CCOc1cc(C(=O)Nc2ccc([N+](=O)[O-])cc2)cc(Cl)c1OCC. The number of nitro groups is 1. The minimum Gasteiger partial charge on any atom is -0.490 e. The van der Waals surface area contributed by atoms with Gasteiger partial charge in [-0.25, -0.2) is 0 Å². The maximum absolute atomic E-state index is 12.4. The Morgan fingerprint density at radius 1 is 1.16 bits per heavy atom. The number of nitrogens with one attached hydrogen (secondary N) is 1. The molecule has 0 saturated heterocycles. The van der Waals surface area contributed by atoms with Crippen LogP contribution in [0.25, 0.3) is 0 Å². The van der Waals surface area contributed by atoms with Crippen molar-refractivity contribution >= 4 is 28.9 Å². The van der Waals surface area contributed by atoms with Gasteiger partial charge in [0.2, 0.25) is 0 Å². The van der Waals surface area contributed by atoms with Crippen LogP contribution in [0.3, 0.4) is 0 Å². The van der Waals surface area contributed by atoms with Crippen molar-refractivity contribution in [3.63, 3.8) is 0 Å². The van der Waals surface area contributed by atoms with Gasteiger partial charge in [0.05, 0.1) is 23.2 Å². The molecule has 25 heavy (non-hydrogen) atoms. The van der Waals surface area contributed by atoms with E-state index in [1.165, 1.54) is 30.3 Å². The van der Waals surface area contributed by atoms with E-state index in [9.17, 15) is 14.9 Å². The van der Waals surface area contributed by atoms with Crippen LogP contribution in [0.1, 0.15) is 24.2 Å². The molecule has 2 rings (SSSR count). The number of hydrogen-bond acceptors (Lipinski definition) is 5. The quantitative estimate of drug-likeness (QED) is 0.584. The summed E-state index contributed by atoms with van der Waals surface area (Å²) in [6.07, 6.45) is 0. The maximum atomic E-state index is 12.4. The Morgan fingerprint density at radius 2 is 1.80 bits per heavy atom. The van der Waals surface area contributed by atoms with Gasteiger partial charge in [0.1, 0.15) is 0 Å². The Balaban J connectivity index is 2.24. The van der Waals surface area contributed by atoms with Crippen LogP contribution in [-0.2, 0) is 0 Å². The summed E-state index contributed by atoms with van der Waals surface area (Å²) in [6.45, 7) is 4.44. The van der Waals surface area contributed by atoms with Crippen molar-refractivity contribution in [2.45, 2.75) is 13.8 Å². The van der Waals surface area contributed by atoms with E-state index in [-0.39, 0.29) is 16.3 Å². The largest absolute Gasteiger partial charge is 0.490 e. The number of benzene rings is 2. The number of amides is 1. The molecule has 0 radical (unpaired) electrons. The molecule has 2 aromatic carbocycles. The number of nitro benzene ring substituents is 1. The van der Waals surface area contributed by atoms with Crippen molar-refractivity contribution in [1.82, 2.24) is 0 Å². The normalized spacial score (nSPS) is 10.2. The van der Waals surface area contributed by atoms with E-state index in [4.69, 9.17) is 21.1 Å². The molecule has 0 unspecified atom stereocenters. The van der Waals surface area contributed by atoms with Crippen LogP contribution in [0.4, 0.5) is 11.4 Å². The van der Waals surface area contributed by atoms with Crippen LogP contribution in [0.15, 0.2) is 36.4 Å². The van der Waals surface area contributed by atoms with Gasteiger partial charge >= 0.3 is 0 Å². The first-order valence-corrected chi connectivity index (χ1v) is 7.99. The van der Waals surface area contributed by atoms with E-state index < -0.39 is 10.8 Å². The second-order valence-corrected chi connectivity index (χ2v) is 5.32. The second-order valence-electron chi connectivity index (χ2n) is 4.91. The number of non-ortho nitro benzene ring substituents is 1. The number of carbonyl (C=O) groups is 1. The molecule has 0 fully saturated rings. The Kier molecular flexibility index (Phi) is 6.19. The van der Waals surface area contributed by atoms with Gasteiger partial charge in [-0.2, -0.15) is 0 Å². The van der Waals surface area contributed by atoms with Gasteiger partial charge < -0.3 is 14.8 Å². The third-order valence-corrected chi connectivity index (χ3v) is 3.48. The van der Waals surface area contributed by atoms with Gasteiger partial charge in [0.25, 0.3) is 11.6 Å². The Labute approximate surface area is 149 Å². The summed E-state index contributed by atoms with van der Waals surface area (Å²) in [5.41, 5.74) is 0.662. The van der Waals surface area contributed by atoms with Crippen LogP contribution in [0, 0.1) is 10.1 Å². The molecule has 7 nitrogen and oxygen atoms in total. The van der Waals surface area contributed by atoms with Crippen molar-refractivity contribution in [3.8, 4) is 11.5 Å². The molecule has 0 aromatic heterocycles. The van der Waals surface area contributed by atoms with E-state index in [2.05, 4.69) is 5.32 Å². The molecule has 0 saturated carbocycles. The van der Waals surface area contributed by atoms with Crippen LogP contribution >= 0.6 is 11.6 Å². The predicted molar refractivity (Wildman–Crippen MR) is 94.8 cm³/mol. The van der Waals surface area contributed by atoms with Crippen molar-refractivity contribution in [1.29, 1.82) is 0 Å². The highest BCUT2D eigenvalue weighted by molar-refractivity contribution is 6.32. The first kappa shape index (κ1) is 18.5. The first-order valence-electron chi connectivity index (χ1n) is 7.61. The van der Waals surface area contributed by atoms with Gasteiger partial charge in [0.15, 0.2) is 11.5 Å². The summed E-state index contributed by atoms with van der Waals surface area (Å²) >= 11 is 6.19. The topological polar surface area (TPSA) is 90.7 Å². The van der Waals surface area contributed by atoms with Gasteiger partial charge in [-0.05, 0) is 38.1 Å². The zero-order valence-corrected chi connectivity index (χ0v) is 14.5. The Morgan fingerprint density at radius 3 is 2.36 bits per heavy atom. The summed E-state index contributed by atoms with van der Waals surface area (Å²) in [7, 11) is 0. The third kappa shape index (κ3) is 4.60. The fraction of sp³-hybridized carbons (Fsp3) is 0.235. The number of rotatable bonds is 7. The molecule has 0 bridgehead atoms. The monoisotopic (exact) mass is 364 g/mol. The standard InChI is InChI=1S/C17H17ClN2O5/c1-3-24-15-10-11(9-14(18)16(15)25-4-2)17(21)19-12-5-7-13(8-6-12)20(22)23/h5-10H,3-4H2,1-2H3,(H,19,21). The Hall–Kier alpha value is -2.80. The van der Waals surface area contributed by atoms with Gasteiger partial charge in [0, 0.05) is 23.4 Å². The van der Waals surface area contributed by atoms with Gasteiger partial charge in [-0.1, -0.05) is 11.6 Å². The highest BCUT2D eigenvalue weighted by atomic mass is 35.5. The fourth-order valence-electron chi connectivity index (χ4n) is 2.12. The van der Waals surface area contributed by atoms with E-state index in [1.807, 2.05) is 13.8 Å². The fourth-order valence-corrected chi connectivity index (χ4v) is 2.38. The molecule has 1 N–H and O–H groups in total. The van der Waals surface area contributed by atoms with Crippen LogP contribution in [0.5, 0.6) is 11.5 Å². The maximum Gasteiger partial charge on any atom is 0.269 e. The molecule has 8 heteroatoms. The van der Waals surface area contributed by atoms with Crippen molar-refractivity contribution in [2.75, 3.05) is 18.5 Å². The summed E-state index contributed by atoms with van der Waals surface area (Å²) < 4.78 is 10.9. The molecule has 0 spiro atoms. The zero-order chi connectivity index (χ0) is 18.4. The van der Waals surface area contributed by atoms with Crippen molar-refractivity contribution in [2.24, 2.45) is 0 Å². The molecule has 1 amide bonds. The predicted octanol–water partition coefficient (Wildman–Crippen LogP) is 4.30. The molecular formula is C17H17ClN2O5. The highest BCUT2D eigenvalue weighted by Gasteiger charge is 2.16. The number of ether oxygens (including phenoxy) is 2. The minimum absolute atomic E-state index is 0.0549. The average molecular weight is 365 g/mol. The second kappa shape index (κ2) is 8.34. The molecule has 132 valence electrons. The lowest BCUT2D eigenvalue weighted by molar-refractivity contribution is -0.384. The molecule has 2 aromatic rings. The minimum atomic E-state index is -0.508. The molecule has 0 heterocycles. The van der Waals surface area contributed by atoms with Crippen molar-refractivity contribution < 1.29 is 19.2 Å². The van der Waals surface area contributed by atoms with E-state index in [0.29, 0.717) is 30.4 Å². The van der Waals surface area contributed by atoms with Crippen LogP contribution in [-0.4, -0.2) is 24.0 Å². The van der Waals surface area contributed by atoms with Crippen molar-refractivity contribution in [3.05, 3.63) is 57.1 Å². The van der Waals surface area contributed by atoms with Crippen LogP contribution in [0.2, 0.25) is 5.02 Å². The van der Waals surface area contributed by atoms with E-state index >= 15 is 0 Å². The lowest BCUT2D eigenvalue weighted by Gasteiger charge is -2.14. The van der Waals surface area contributed by atoms with E-state index in [0.717, 1.165) is 0 Å². The summed E-state index contributed by atoms with van der Waals surface area (Å²) in [5.74, 6) is 0.350. The van der Waals surface area contributed by atoms with Gasteiger partial charge in [-0.3, -0.25) is 14.9 Å². The molecule has 0 aliphatic carbocycles. The number of anilines is 1. The Bertz CT molecular complexity index is 777. The third-order valence-electron chi connectivity index (χ3n) is 3.20. The number of nitrogens with zero attached hydrogens (tertiary/aromatic N) is 1. The van der Waals surface area contributed by atoms with E-state index in [1.54, 1.807) is 6.07 Å². The zero-order valence-electron chi connectivity index (χ0n) is 13.7. The average Bonchev–Trinajstić information content (AvgIpc) is 2.58. The lowest BCUT2D eigenvalue weighted by atomic mass is 10.1. The van der Waals surface area contributed by atoms with Gasteiger partial charge in [-0.15, -0.1) is 0 Å². The summed E-state index contributed by atoms with van der Waals surface area (Å²) in [6, 6.07) is 8.56. The summed E-state index contributed by atoms with van der Waals surface area (Å²) in [4.78, 5) is 22.6. The highest BCUT2D eigenvalue weighted by Crippen LogP contribution is 2.37. The van der Waals surface area contributed by atoms with Crippen LogP contribution < -0.4 is 14.8 Å².